The van der Waals surface area contributed by atoms with Crippen molar-refractivity contribution in [2.24, 2.45) is 5.73 Å². The molecule has 2 heterocycles. The first-order chi connectivity index (χ1) is 13.5. The van der Waals surface area contributed by atoms with Gasteiger partial charge in [0.05, 0.1) is 30.0 Å². The Morgan fingerprint density at radius 3 is 2.71 bits per heavy atom. The summed E-state index contributed by atoms with van der Waals surface area (Å²) in [7, 11) is 0. The first kappa shape index (κ1) is 18.7. The fourth-order valence-corrected chi connectivity index (χ4v) is 3.60. The standard InChI is InChI=1S/C19H22F2N6O/c20-15-2-1-3-16(21)13(15)6-9-28-12-4-7-19(22,8-5-12)26-17-14-10-25-27-18(14)24-11-23-17/h1-3,10-12H,4-9,22H2,(H2,23,24,25,26,27). The molecule has 0 aliphatic heterocycles. The minimum Gasteiger partial charge on any atom is -0.378 e. The van der Waals surface area contributed by atoms with Crippen LogP contribution in [0.1, 0.15) is 31.2 Å². The predicted octanol–water partition coefficient (Wildman–Crippen LogP) is 2.90. The molecule has 7 nitrogen and oxygen atoms in total. The molecule has 2 aromatic heterocycles. The van der Waals surface area contributed by atoms with Crippen LogP contribution in [0, 0.1) is 11.6 Å². The lowest BCUT2D eigenvalue weighted by Crippen LogP contribution is -2.51. The third-order valence-corrected chi connectivity index (χ3v) is 5.21. The molecule has 3 aromatic rings. The number of anilines is 1. The number of aromatic amines is 1. The van der Waals surface area contributed by atoms with Gasteiger partial charge in [-0.3, -0.25) is 5.10 Å². The number of benzene rings is 1. The number of fused-ring (bicyclic) bond motifs is 1. The van der Waals surface area contributed by atoms with E-state index in [1.54, 1.807) is 6.20 Å². The van der Waals surface area contributed by atoms with Crippen LogP contribution >= 0.6 is 0 Å². The second kappa shape index (κ2) is 7.76. The van der Waals surface area contributed by atoms with Crippen molar-refractivity contribution in [3.8, 4) is 0 Å². The van der Waals surface area contributed by atoms with E-state index in [2.05, 4.69) is 25.5 Å². The van der Waals surface area contributed by atoms with Crippen LogP contribution < -0.4 is 11.1 Å². The van der Waals surface area contributed by atoms with E-state index >= 15 is 0 Å². The molecule has 28 heavy (non-hydrogen) atoms. The fraction of sp³-hybridized carbons (Fsp3) is 0.421. The Bertz CT molecular complexity index is 934. The lowest BCUT2D eigenvalue weighted by molar-refractivity contribution is 0.0177. The van der Waals surface area contributed by atoms with Crippen molar-refractivity contribution in [2.75, 3.05) is 11.9 Å². The van der Waals surface area contributed by atoms with E-state index in [1.807, 2.05) is 0 Å². The summed E-state index contributed by atoms with van der Waals surface area (Å²) >= 11 is 0. The van der Waals surface area contributed by atoms with Crippen molar-refractivity contribution in [3.63, 3.8) is 0 Å². The number of nitrogens with two attached hydrogens (primary N) is 1. The third kappa shape index (κ3) is 3.95. The normalized spacial score (nSPS) is 22.5. The quantitative estimate of drug-likeness (QED) is 0.561. The van der Waals surface area contributed by atoms with Crippen molar-refractivity contribution in [1.82, 2.24) is 20.2 Å². The van der Waals surface area contributed by atoms with Crippen LogP contribution in [0.3, 0.4) is 0 Å². The van der Waals surface area contributed by atoms with Crippen LogP contribution in [0.5, 0.6) is 0 Å². The summed E-state index contributed by atoms with van der Waals surface area (Å²) in [5.74, 6) is -0.420. The molecule has 0 amide bonds. The third-order valence-electron chi connectivity index (χ3n) is 5.21. The summed E-state index contributed by atoms with van der Waals surface area (Å²) in [4.78, 5) is 8.39. The van der Waals surface area contributed by atoms with Crippen molar-refractivity contribution >= 4 is 16.9 Å². The zero-order valence-electron chi connectivity index (χ0n) is 15.3. The van der Waals surface area contributed by atoms with Gasteiger partial charge in [-0.15, -0.1) is 0 Å². The van der Waals surface area contributed by atoms with Crippen LogP contribution in [0.25, 0.3) is 11.0 Å². The number of rotatable bonds is 6. The van der Waals surface area contributed by atoms with Crippen molar-refractivity contribution < 1.29 is 13.5 Å². The van der Waals surface area contributed by atoms with Crippen LogP contribution in [-0.4, -0.2) is 38.5 Å². The molecular weight excluding hydrogens is 366 g/mol. The highest BCUT2D eigenvalue weighted by Gasteiger charge is 2.33. The van der Waals surface area contributed by atoms with Gasteiger partial charge in [-0.2, -0.15) is 5.10 Å². The van der Waals surface area contributed by atoms with E-state index in [-0.39, 0.29) is 24.7 Å². The van der Waals surface area contributed by atoms with Gasteiger partial charge in [-0.1, -0.05) is 6.07 Å². The molecule has 0 spiro atoms. The molecule has 0 unspecified atom stereocenters. The number of nitrogens with zero attached hydrogens (tertiary/aromatic N) is 3. The highest BCUT2D eigenvalue weighted by atomic mass is 19.1. The molecule has 0 bridgehead atoms. The van der Waals surface area contributed by atoms with Crippen LogP contribution in [0.2, 0.25) is 0 Å². The maximum absolute atomic E-state index is 13.7. The second-order valence-corrected chi connectivity index (χ2v) is 7.16. The number of nitrogens with one attached hydrogen (secondary N) is 2. The Morgan fingerprint density at radius 1 is 1.21 bits per heavy atom. The molecular formula is C19H22F2N6O. The topological polar surface area (TPSA) is 102 Å². The van der Waals surface area contributed by atoms with Crippen LogP contribution in [0.15, 0.2) is 30.7 Å². The van der Waals surface area contributed by atoms with Crippen LogP contribution in [0.4, 0.5) is 14.6 Å². The Kier molecular flexibility index (Phi) is 5.19. The summed E-state index contributed by atoms with van der Waals surface area (Å²) in [6.45, 7) is 0.273. The molecule has 4 rings (SSSR count). The fourth-order valence-electron chi connectivity index (χ4n) is 3.60. The Balaban J connectivity index is 1.30. The molecule has 0 atom stereocenters. The van der Waals surface area contributed by atoms with E-state index in [9.17, 15) is 8.78 Å². The lowest BCUT2D eigenvalue weighted by Gasteiger charge is -2.38. The highest BCUT2D eigenvalue weighted by molar-refractivity contribution is 5.85. The molecule has 9 heteroatoms. The summed E-state index contributed by atoms with van der Waals surface area (Å²) in [5.41, 5.74) is 6.64. The Labute approximate surface area is 160 Å². The number of H-pyrrole nitrogens is 1. The smallest absolute Gasteiger partial charge is 0.160 e. The van der Waals surface area contributed by atoms with Gasteiger partial charge in [0, 0.05) is 12.0 Å². The summed E-state index contributed by atoms with van der Waals surface area (Å²) < 4.78 is 33.2. The molecule has 1 aromatic carbocycles. The second-order valence-electron chi connectivity index (χ2n) is 7.16. The molecule has 148 valence electrons. The van der Waals surface area contributed by atoms with E-state index in [1.165, 1.54) is 24.5 Å². The zero-order chi connectivity index (χ0) is 19.6. The van der Waals surface area contributed by atoms with E-state index in [0.717, 1.165) is 18.2 Å². The monoisotopic (exact) mass is 388 g/mol. The van der Waals surface area contributed by atoms with Gasteiger partial charge in [0.15, 0.2) is 5.65 Å². The molecule has 1 fully saturated rings. The molecule has 1 aliphatic carbocycles. The number of halogens is 2. The van der Waals surface area contributed by atoms with Gasteiger partial charge < -0.3 is 15.8 Å². The van der Waals surface area contributed by atoms with E-state index in [0.29, 0.717) is 24.3 Å². The minimum atomic E-state index is -0.601. The average Bonchev–Trinajstić information content (AvgIpc) is 3.16. The molecule has 1 aliphatic rings. The van der Waals surface area contributed by atoms with Gasteiger partial charge in [0.25, 0.3) is 0 Å². The van der Waals surface area contributed by atoms with Gasteiger partial charge in [0.2, 0.25) is 0 Å². The highest BCUT2D eigenvalue weighted by Crippen LogP contribution is 2.30. The van der Waals surface area contributed by atoms with Crippen molar-refractivity contribution in [3.05, 3.63) is 47.9 Å². The summed E-state index contributed by atoms with van der Waals surface area (Å²) in [6, 6.07) is 3.88. The Hall–Kier alpha value is -2.65. The molecule has 0 saturated heterocycles. The van der Waals surface area contributed by atoms with Gasteiger partial charge >= 0.3 is 0 Å². The molecule has 1 saturated carbocycles. The average molecular weight is 388 g/mol. The SMILES string of the molecule is NC1(Nc2ncnc3[nH]ncc23)CCC(OCCc2c(F)cccc2F)CC1. The number of aromatic nitrogens is 4. The first-order valence-electron chi connectivity index (χ1n) is 9.30. The largest absolute Gasteiger partial charge is 0.378 e. The van der Waals surface area contributed by atoms with Gasteiger partial charge in [0.1, 0.15) is 23.8 Å². The van der Waals surface area contributed by atoms with E-state index < -0.39 is 17.3 Å². The Morgan fingerprint density at radius 2 is 1.96 bits per heavy atom. The maximum atomic E-state index is 13.7. The molecule has 0 radical (unpaired) electrons. The van der Waals surface area contributed by atoms with Crippen molar-refractivity contribution in [2.45, 2.75) is 43.9 Å². The predicted molar refractivity (Wildman–Crippen MR) is 100 cm³/mol. The zero-order valence-corrected chi connectivity index (χ0v) is 15.3. The maximum Gasteiger partial charge on any atom is 0.160 e. The first-order valence-corrected chi connectivity index (χ1v) is 9.30. The van der Waals surface area contributed by atoms with Gasteiger partial charge in [-0.05, 0) is 37.8 Å². The number of ether oxygens (including phenoxy) is 1. The molecule has 4 N–H and O–H groups in total. The summed E-state index contributed by atoms with van der Waals surface area (Å²) in [6.07, 6.45) is 6.24. The number of hydrogen-bond acceptors (Lipinski definition) is 6. The minimum absolute atomic E-state index is 0.0210. The van der Waals surface area contributed by atoms with Gasteiger partial charge in [-0.25, -0.2) is 18.7 Å². The lowest BCUT2D eigenvalue weighted by atomic mass is 9.87. The number of hydrogen-bond donors (Lipinski definition) is 3. The van der Waals surface area contributed by atoms with Crippen molar-refractivity contribution in [1.29, 1.82) is 0 Å². The summed E-state index contributed by atoms with van der Waals surface area (Å²) in [5, 5.41) is 10.9. The van der Waals surface area contributed by atoms with Crippen LogP contribution in [-0.2, 0) is 11.2 Å². The van der Waals surface area contributed by atoms with E-state index in [4.69, 9.17) is 10.5 Å².